The molecule has 0 atom stereocenters. The summed E-state index contributed by atoms with van der Waals surface area (Å²) < 4.78 is 11.2. The normalized spacial score (nSPS) is 10.7. The van der Waals surface area contributed by atoms with Crippen molar-refractivity contribution < 1.29 is 9.47 Å². The van der Waals surface area contributed by atoms with Crippen LogP contribution in [0.5, 0.6) is 11.5 Å². The summed E-state index contributed by atoms with van der Waals surface area (Å²) in [6.07, 6.45) is 3.59. The van der Waals surface area contributed by atoms with Crippen LogP contribution >= 0.6 is 0 Å². The number of anilines is 1. The number of aromatic nitrogens is 3. The Morgan fingerprint density at radius 1 is 1.30 bits per heavy atom. The van der Waals surface area contributed by atoms with E-state index in [0.29, 0.717) is 24.7 Å². The fourth-order valence-electron chi connectivity index (χ4n) is 1.74. The van der Waals surface area contributed by atoms with Crippen molar-refractivity contribution in [3.05, 3.63) is 40.3 Å². The first-order chi connectivity index (χ1) is 11.2. The molecule has 2 aromatic rings. The van der Waals surface area contributed by atoms with Gasteiger partial charge < -0.3 is 9.47 Å². The summed E-state index contributed by atoms with van der Waals surface area (Å²) in [4.78, 5) is 13.5. The number of hydrogen-bond acceptors (Lipinski definition) is 7. The van der Waals surface area contributed by atoms with Crippen LogP contribution in [0.4, 0.5) is 5.95 Å². The highest BCUT2D eigenvalue weighted by Gasteiger charge is 2.05. The van der Waals surface area contributed by atoms with Crippen molar-refractivity contribution in [3.63, 3.8) is 0 Å². The van der Waals surface area contributed by atoms with E-state index in [9.17, 15) is 4.79 Å². The van der Waals surface area contributed by atoms with Gasteiger partial charge in [0.1, 0.15) is 6.20 Å². The largest absolute Gasteiger partial charge is 0.490 e. The van der Waals surface area contributed by atoms with E-state index in [0.717, 1.165) is 18.2 Å². The fraction of sp³-hybridized carbons (Fsp3) is 0.333. The third-order valence-corrected chi connectivity index (χ3v) is 2.69. The van der Waals surface area contributed by atoms with Crippen LogP contribution in [0.1, 0.15) is 25.8 Å². The lowest BCUT2D eigenvalue weighted by molar-refractivity contribution is 0.277. The molecule has 0 amide bonds. The molecule has 0 unspecified atom stereocenters. The van der Waals surface area contributed by atoms with Gasteiger partial charge in [-0.15, -0.1) is 10.2 Å². The highest BCUT2D eigenvalue weighted by molar-refractivity contribution is 5.81. The third kappa shape index (κ3) is 5.10. The summed E-state index contributed by atoms with van der Waals surface area (Å²) in [5, 5.41) is 11.2. The predicted octanol–water partition coefficient (Wildman–Crippen LogP) is 1.80. The van der Waals surface area contributed by atoms with E-state index >= 15 is 0 Å². The number of nitrogens with zero attached hydrogens (tertiary/aromatic N) is 3. The van der Waals surface area contributed by atoms with E-state index in [1.165, 1.54) is 0 Å². The molecule has 0 radical (unpaired) electrons. The molecule has 0 saturated heterocycles. The quantitative estimate of drug-likeness (QED) is 0.568. The Labute approximate surface area is 133 Å². The average molecular weight is 317 g/mol. The van der Waals surface area contributed by atoms with Gasteiger partial charge in [-0.25, -0.2) is 5.43 Å². The first-order valence-electron chi connectivity index (χ1n) is 7.33. The molecule has 0 bridgehead atoms. The molecule has 122 valence electrons. The molecule has 1 aromatic carbocycles. The van der Waals surface area contributed by atoms with Crippen molar-refractivity contribution in [1.29, 1.82) is 0 Å². The Balaban J connectivity index is 2.08. The molecule has 0 spiro atoms. The molecule has 0 aliphatic carbocycles. The molecule has 8 nitrogen and oxygen atoms in total. The van der Waals surface area contributed by atoms with Crippen molar-refractivity contribution in [3.8, 4) is 11.5 Å². The van der Waals surface area contributed by atoms with Crippen molar-refractivity contribution in [2.75, 3.05) is 18.6 Å². The Bertz CT molecular complexity index is 714. The van der Waals surface area contributed by atoms with E-state index in [1.54, 1.807) is 6.21 Å². The number of benzene rings is 1. The summed E-state index contributed by atoms with van der Waals surface area (Å²) >= 11 is 0. The number of nitrogens with one attached hydrogen (secondary N) is 2. The zero-order valence-electron chi connectivity index (χ0n) is 13.1. The van der Waals surface area contributed by atoms with Crippen LogP contribution in [0.2, 0.25) is 0 Å². The number of ether oxygens (including phenoxy) is 2. The molecule has 0 fully saturated rings. The van der Waals surface area contributed by atoms with Gasteiger partial charge in [-0.2, -0.15) is 5.10 Å². The number of hydrazone groups is 1. The predicted molar refractivity (Wildman–Crippen MR) is 87.3 cm³/mol. The lowest BCUT2D eigenvalue weighted by Crippen LogP contribution is -2.10. The minimum Gasteiger partial charge on any atom is -0.490 e. The zero-order chi connectivity index (χ0) is 16.5. The Kier molecular flexibility index (Phi) is 6.10. The standard InChI is InChI=1S/C15H19N5O3/c1-3-7-23-12-6-5-11(8-13(12)22-4-2)9-16-19-15-18-14(21)10-17-20-15/h5-6,8-10H,3-4,7H2,1-2H3,(H2,18,19,20,21)/b16-9+. The van der Waals surface area contributed by atoms with Crippen molar-refractivity contribution in [2.45, 2.75) is 20.3 Å². The topological polar surface area (TPSA) is 101 Å². The van der Waals surface area contributed by atoms with Crippen molar-refractivity contribution >= 4 is 12.2 Å². The first-order valence-corrected chi connectivity index (χ1v) is 7.33. The highest BCUT2D eigenvalue weighted by atomic mass is 16.5. The van der Waals surface area contributed by atoms with E-state index < -0.39 is 0 Å². The minimum absolute atomic E-state index is 0.168. The molecule has 0 saturated carbocycles. The van der Waals surface area contributed by atoms with Gasteiger partial charge in [-0.3, -0.25) is 9.78 Å². The molecule has 1 heterocycles. The first kappa shape index (κ1) is 16.5. The SMILES string of the molecule is CCCOc1ccc(/C=N/Nc2nncc(=O)[nH]2)cc1OCC. The Hall–Kier alpha value is -2.90. The number of H-pyrrole nitrogens is 1. The highest BCUT2D eigenvalue weighted by Crippen LogP contribution is 2.28. The number of rotatable bonds is 8. The molecule has 0 aliphatic heterocycles. The van der Waals surface area contributed by atoms with Gasteiger partial charge in [-0.05, 0) is 37.1 Å². The van der Waals surface area contributed by atoms with E-state index in [4.69, 9.17) is 9.47 Å². The molecule has 2 N–H and O–H groups in total. The number of hydrogen-bond donors (Lipinski definition) is 2. The Morgan fingerprint density at radius 3 is 2.91 bits per heavy atom. The maximum absolute atomic E-state index is 11.1. The summed E-state index contributed by atoms with van der Waals surface area (Å²) in [6.45, 7) is 5.14. The van der Waals surface area contributed by atoms with E-state index in [2.05, 4.69) is 25.7 Å². The van der Waals surface area contributed by atoms with Crippen LogP contribution < -0.4 is 20.5 Å². The summed E-state index contributed by atoms with van der Waals surface area (Å²) in [5.74, 6) is 1.54. The monoisotopic (exact) mass is 317 g/mol. The smallest absolute Gasteiger partial charge is 0.271 e. The average Bonchev–Trinajstić information content (AvgIpc) is 2.54. The molecular formula is C15H19N5O3. The maximum Gasteiger partial charge on any atom is 0.271 e. The zero-order valence-corrected chi connectivity index (χ0v) is 13.1. The second-order valence-corrected chi connectivity index (χ2v) is 4.54. The molecule has 23 heavy (non-hydrogen) atoms. The van der Waals surface area contributed by atoms with Gasteiger partial charge in [0.15, 0.2) is 11.5 Å². The lowest BCUT2D eigenvalue weighted by Gasteiger charge is -2.11. The van der Waals surface area contributed by atoms with Crippen molar-refractivity contribution in [2.24, 2.45) is 5.10 Å². The number of aromatic amines is 1. The lowest BCUT2D eigenvalue weighted by atomic mass is 10.2. The Morgan fingerprint density at radius 2 is 2.17 bits per heavy atom. The van der Waals surface area contributed by atoms with Gasteiger partial charge in [0.25, 0.3) is 5.56 Å². The molecular weight excluding hydrogens is 298 g/mol. The second kappa shape index (κ2) is 8.52. The molecule has 8 heteroatoms. The summed E-state index contributed by atoms with van der Waals surface area (Å²) in [6, 6.07) is 5.53. The summed E-state index contributed by atoms with van der Waals surface area (Å²) in [7, 11) is 0. The third-order valence-electron chi connectivity index (χ3n) is 2.69. The van der Waals surface area contributed by atoms with Crippen LogP contribution in [0, 0.1) is 0 Å². The maximum atomic E-state index is 11.1. The van der Waals surface area contributed by atoms with Gasteiger partial charge in [-0.1, -0.05) is 6.92 Å². The van der Waals surface area contributed by atoms with Crippen LogP contribution in [-0.4, -0.2) is 34.6 Å². The van der Waals surface area contributed by atoms with Crippen LogP contribution in [-0.2, 0) is 0 Å². The van der Waals surface area contributed by atoms with Crippen LogP contribution in [0.3, 0.4) is 0 Å². The van der Waals surface area contributed by atoms with Crippen LogP contribution in [0.25, 0.3) is 0 Å². The van der Waals surface area contributed by atoms with E-state index in [-0.39, 0.29) is 11.5 Å². The van der Waals surface area contributed by atoms with Gasteiger partial charge in [0, 0.05) is 0 Å². The fourth-order valence-corrected chi connectivity index (χ4v) is 1.74. The second-order valence-electron chi connectivity index (χ2n) is 4.54. The molecule has 1 aromatic heterocycles. The molecule has 2 rings (SSSR count). The molecule has 0 aliphatic rings. The minimum atomic E-state index is -0.353. The van der Waals surface area contributed by atoms with Crippen molar-refractivity contribution in [1.82, 2.24) is 15.2 Å². The summed E-state index contributed by atoms with van der Waals surface area (Å²) in [5.41, 5.74) is 3.07. The van der Waals surface area contributed by atoms with Gasteiger partial charge in [0.2, 0.25) is 5.95 Å². The van der Waals surface area contributed by atoms with Crippen LogP contribution in [0.15, 0.2) is 34.3 Å². The van der Waals surface area contributed by atoms with Gasteiger partial charge >= 0.3 is 0 Å². The van der Waals surface area contributed by atoms with E-state index in [1.807, 2.05) is 32.0 Å². The van der Waals surface area contributed by atoms with Gasteiger partial charge in [0.05, 0.1) is 19.4 Å².